The largest absolute Gasteiger partial charge is 0.481 e. The van der Waals surface area contributed by atoms with Crippen molar-refractivity contribution >= 4 is 11.9 Å². The highest BCUT2D eigenvalue weighted by molar-refractivity contribution is 5.77. The fourth-order valence-corrected chi connectivity index (χ4v) is 1.17. The van der Waals surface area contributed by atoms with Gasteiger partial charge in [-0.15, -0.1) is 0 Å². The third-order valence-corrected chi connectivity index (χ3v) is 2.04. The molecule has 0 aliphatic carbocycles. The third-order valence-electron chi connectivity index (χ3n) is 2.04. The number of aliphatic carboxylic acids is 1. The number of likely N-dealkylation sites (N-methyl/N-ethyl adjacent to an activating group) is 1. The van der Waals surface area contributed by atoms with E-state index in [9.17, 15) is 9.59 Å². The Kier molecular flexibility index (Phi) is 6.70. The van der Waals surface area contributed by atoms with E-state index in [-0.39, 0.29) is 12.3 Å². The molecule has 0 spiro atoms. The van der Waals surface area contributed by atoms with E-state index in [1.165, 1.54) is 4.90 Å². The first-order valence-electron chi connectivity index (χ1n) is 5.11. The summed E-state index contributed by atoms with van der Waals surface area (Å²) in [6, 6.07) is 0. The summed E-state index contributed by atoms with van der Waals surface area (Å²) in [5.74, 6) is -0.817. The van der Waals surface area contributed by atoms with Crippen LogP contribution in [0.2, 0.25) is 0 Å². The maximum absolute atomic E-state index is 11.4. The Labute approximate surface area is 90.7 Å². The van der Waals surface area contributed by atoms with Crippen LogP contribution in [0.15, 0.2) is 0 Å². The summed E-state index contributed by atoms with van der Waals surface area (Å²) in [6.07, 6.45) is 1.00. The van der Waals surface area contributed by atoms with Crippen molar-refractivity contribution in [2.24, 2.45) is 0 Å². The van der Waals surface area contributed by atoms with Crippen LogP contribution in [-0.2, 0) is 9.59 Å². The number of rotatable bonds is 7. The average molecular weight is 216 g/mol. The van der Waals surface area contributed by atoms with E-state index >= 15 is 0 Å². The molecule has 0 saturated carbocycles. The summed E-state index contributed by atoms with van der Waals surface area (Å²) in [5, 5.41) is 8.55. The zero-order chi connectivity index (χ0) is 11.8. The van der Waals surface area contributed by atoms with Crippen molar-refractivity contribution in [3.8, 4) is 0 Å². The van der Waals surface area contributed by atoms with Gasteiger partial charge >= 0.3 is 5.97 Å². The lowest BCUT2D eigenvalue weighted by Gasteiger charge is -2.22. The number of nitrogens with zero attached hydrogens (tertiary/aromatic N) is 2. The Morgan fingerprint density at radius 1 is 1.20 bits per heavy atom. The average Bonchev–Trinajstić information content (AvgIpc) is 2.14. The molecule has 5 heteroatoms. The van der Waals surface area contributed by atoms with Crippen molar-refractivity contribution in [1.82, 2.24) is 9.80 Å². The molecule has 0 aliphatic heterocycles. The molecule has 0 heterocycles. The first-order chi connectivity index (χ1) is 6.97. The van der Waals surface area contributed by atoms with Crippen LogP contribution in [0.1, 0.15) is 19.8 Å². The molecule has 0 aliphatic rings. The minimum Gasteiger partial charge on any atom is -0.481 e. The molecule has 0 aromatic carbocycles. The van der Waals surface area contributed by atoms with Crippen LogP contribution in [0.4, 0.5) is 0 Å². The predicted molar refractivity (Wildman–Crippen MR) is 57.7 cm³/mol. The summed E-state index contributed by atoms with van der Waals surface area (Å²) in [5.41, 5.74) is 0. The van der Waals surface area contributed by atoms with Gasteiger partial charge in [-0.25, -0.2) is 0 Å². The fraction of sp³-hybridized carbons (Fsp3) is 0.800. The first kappa shape index (κ1) is 13.9. The number of carboxylic acids is 1. The minimum atomic E-state index is -0.826. The lowest BCUT2D eigenvalue weighted by Crippen LogP contribution is -2.38. The molecule has 0 fully saturated rings. The van der Waals surface area contributed by atoms with Gasteiger partial charge < -0.3 is 10.0 Å². The normalized spacial score (nSPS) is 10.4. The Bertz CT molecular complexity index is 217. The van der Waals surface area contributed by atoms with Gasteiger partial charge in [-0.2, -0.15) is 0 Å². The summed E-state index contributed by atoms with van der Waals surface area (Å²) < 4.78 is 0. The highest BCUT2D eigenvalue weighted by atomic mass is 16.4. The Hall–Kier alpha value is -1.10. The number of carbonyl (C=O) groups is 2. The zero-order valence-corrected chi connectivity index (χ0v) is 9.69. The molecule has 15 heavy (non-hydrogen) atoms. The van der Waals surface area contributed by atoms with Gasteiger partial charge in [0.15, 0.2) is 0 Å². The van der Waals surface area contributed by atoms with Crippen LogP contribution in [-0.4, -0.2) is 60.5 Å². The van der Waals surface area contributed by atoms with Gasteiger partial charge in [0.1, 0.15) is 0 Å². The van der Waals surface area contributed by atoms with E-state index in [4.69, 9.17) is 5.11 Å². The molecule has 0 bridgehead atoms. The van der Waals surface area contributed by atoms with Gasteiger partial charge in [0.25, 0.3) is 0 Å². The number of carboxylic acid groups (broad SMARTS) is 1. The number of hydrogen-bond acceptors (Lipinski definition) is 3. The minimum absolute atomic E-state index is 0.00818. The number of amides is 1. The van der Waals surface area contributed by atoms with E-state index in [2.05, 4.69) is 0 Å². The Morgan fingerprint density at radius 2 is 1.80 bits per heavy atom. The van der Waals surface area contributed by atoms with Gasteiger partial charge in [-0.05, 0) is 13.0 Å². The Morgan fingerprint density at radius 3 is 2.20 bits per heavy atom. The van der Waals surface area contributed by atoms with E-state index < -0.39 is 5.97 Å². The van der Waals surface area contributed by atoms with Crippen LogP contribution >= 0.6 is 0 Å². The second-order valence-electron chi connectivity index (χ2n) is 3.71. The molecule has 0 aromatic heterocycles. The van der Waals surface area contributed by atoms with Crippen molar-refractivity contribution in [3.05, 3.63) is 0 Å². The molecule has 88 valence electrons. The zero-order valence-electron chi connectivity index (χ0n) is 9.69. The standard InChI is InChI=1S/C10H20N2O3/c1-4-6-12(7-5-10(14)15)8-9(13)11(2)3/h4-8H2,1-3H3,(H,14,15). The van der Waals surface area contributed by atoms with Crippen molar-refractivity contribution in [2.75, 3.05) is 33.7 Å². The SMILES string of the molecule is CCCN(CCC(=O)O)CC(=O)N(C)C. The molecule has 0 aromatic rings. The molecule has 1 amide bonds. The van der Waals surface area contributed by atoms with E-state index in [1.54, 1.807) is 14.1 Å². The van der Waals surface area contributed by atoms with Crippen LogP contribution < -0.4 is 0 Å². The van der Waals surface area contributed by atoms with Crippen LogP contribution in [0.5, 0.6) is 0 Å². The van der Waals surface area contributed by atoms with Crippen molar-refractivity contribution in [1.29, 1.82) is 0 Å². The predicted octanol–water partition coefficient (Wildman–Crippen LogP) is 0.261. The summed E-state index contributed by atoms with van der Waals surface area (Å²) >= 11 is 0. The maximum atomic E-state index is 11.4. The second kappa shape index (κ2) is 7.23. The number of carbonyl (C=O) groups excluding carboxylic acids is 1. The van der Waals surface area contributed by atoms with Crippen LogP contribution in [0.3, 0.4) is 0 Å². The highest BCUT2D eigenvalue weighted by Crippen LogP contribution is 1.96. The van der Waals surface area contributed by atoms with Gasteiger partial charge in [-0.1, -0.05) is 6.92 Å². The highest BCUT2D eigenvalue weighted by Gasteiger charge is 2.12. The van der Waals surface area contributed by atoms with Crippen molar-refractivity contribution in [3.63, 3.8) is 0 Å². The summed E-state index contributed by atoms with van der Waals surface area (Å²) in [4.78, 5) is 25.2. The molecular formula is C10H20N2O3. The van der Waals surface area contributed by atoms with Crippen LogP contribution in [0.25, 0.3) is 0 Å². The molecule has 0 atom stereocenters. The van der Waals surface area contributed by atoms with E-state index in [0.29, 0.717) is 13.1 Å². The summed E-state index contributed by atoms with van der Waals surface area (Å²) in [7, 11) is 3.40. The van der Waals surface area contributed by atoms with Crippen LogP contribution in [0, 0.1) is 0 Å². The maximum Gasteiger partial charge on any atom is 0.304 e. The van der Waals surface area contributed by atoms with Gasteiger partial charge in [-0.3, -0.25) is 14.5 Å². The van der Waals surface area contributed by atoms with E-state index in [0.717, 1.165) is 13.0 Å². The van der Waals surface area contributed by atoms with Crippen molar-refractivity contribution in [2.45, 2.75) is 19.8 Å². The summed E-state index contributed by atoms with van der Waals surface area (Å²) in [6.45, 7) is 3.50. The monoisotopic (exact) mass is 216 g/mol. The first-order valence-corrected chi connectivity index (χ1v) is 5.11. The molecule has 0 unspecified atom stereocenters. The van der Waals surface area contributed by atoms with Gasteiger partial charge in [0.2, 0.25) is 5.91 Å². The topological polar surface area (TPSA) is 60.9 Å². The fourth-order valence-electron chi connectivity index (χ4n) is 1.17. The lowest BCUT2D eigenvalue weighted by molar-refractivity contribution is -0.138. The number of hydrogen-bond donors (Lipinski definition) is 1. The second-order valence-corrected chi connectivity index (χ2v) is 3.71. The molecule has 0 saturated heterocycles. The molecule has 5 nitrogen and oxygen atoms in total. The third kappa shape index (κ3) is 6.90. The van der Waals surface area contributed by atoms with Gasteiger partial charge in [0.05, 0.1) is 13.0 Å². The van der Waals surface area contributed by atoms with Crippen molar-refractivity contribution < 1.29 is 14.7 Å². The molecule has 1 N–H and O–H groups in total. The molecule has 0 radical (unpaired) electrons. The molecular weight excluding hydrogens is 196 g/mol. The smallest absolute Gasteiger partial charge is 0.304 e. The lowest BCUT2D eigenvalue weighted by atomic mass is 10.3. The quantitative estimate of drug-likeness (QED) is 0.663. The Balaban J connectivity index is 4.03. The van der Waals surface area contributed by atoms with E-state index in [1.807, 2.05) is 11.8 Å². The molecule has 0 rings (SSSR count). The van der Waals surface area contributed by atoms with Gasteiger partial charge in [0, 0.05) is 20.6 Å².